The summed E-state index contributed by atoms with van der Waals surface area (Å²) in [6.07, 6.45) is -0.621. The molecule has 0 saturated carbocycles. The van der Waals surface area contributed by atoms with E-state index in [1.807, 2.05) is 53.7 Å². The minimum absolute atomic E-state index is 0.0723. The van der Waals surface area contributed by atoms with Crippen LogP contribution in [0, 0.1) is 11.6 Å². The molecule has 0 aliphatic rings. The number of nitrogens with one attached hydrogen (secondary N) is 2. The van der Waals surface area contributed by atoms with Gasteiger partial charge in [-0.15, -0.1) is 0 Å². The largest absolute Gasteiger partial charge is 0.490 e. The molecule has 0 radical (unpaired) electrons. The van der Waals surface area contributed by atoms with Crippen molar-refractivity contribution in [1.29, 1.82) is 0 Å². The molecule has 14 heteroatoms. The number of carbonyl (C=O) groups excluding carboxylic acids is 2. The fraction of sp³-hybridized carbons (Fsp3) is 0.458. The van der Waals surface area contributed by atoms with Crippen LogP contribution in [0.2, 0.25) is 0 Å². The Bertz CT molecular complexity index is 1760. The number of rotatable bonds is 28. The number of benzene rings is 4. The minimum Gasteiger partial charge on any atom is -0.490 e. The molecule has 0 aromatic heterocycles. The number of para-hydroxylation sites is 4. The molecule has 0 aliphatic heterocycles. The average molecular weight is 865 g/mol. The number of halogens is 2. The first-order valence-corrected chi connectivity index (χ1v) is 21.3. The van der Waals surface area contributed by atoms with Gasteiger partial charge >= 0.3 is 11.9 Å². The molecule has 0 bridgehead atoms. The van der Waals surface area contributed by atoms with Gasteiger partial charge in [-0.1, -0.05) is 48.5 Å². The van der Waals surface area contributed by atoms with Crippen molar-refractivity contribution in [1.82, 2.24) is 10.6 Å². The molecule has 2 N–H and O–H groups in total. The summed E-state index contributed by atoms with van der Waals surface area (Å²) in [4.78, 5) is 26.9. The van der Waals surface area contributed by atoms with E-state index in [1.165, 1.54) is 24.3 Å². The van der Waals surface area contributed by atoms with E-state index in [2.05, 4.69) is 10.6 Å². The number of esters is 2. The highest BCUT2D eigenvalue weighted by atomic mass is 19.1. The van der Waals surface area contributed by atoms with Crippen molar-refractivity contribution in [2.45, 2.75) is 104 Å². The fourth-order valence-electron chi connectivity index (χ4n) is 6.38. The minimum atomic E-state index is -1.25. The van der Waals surface area contributed by atoms with Crippen molar-refractivity contribution in [3.8, 4) is 23.0 Å². The van der Waals surface area contributed by atoms with Crippen molar-refractivity contribution >= 4 is 11.9 Å². The SMILES string of the molecule is CCOc1ccccc1OCC(NCCCC(OC(C)C)c1ccc(F)cc1)OC(=O)C(=O)OC(COc1ccccc1OCC)NCCCC(OC(C)C)c1ccc(F)cc1. The average Bonchev–Trinajstić information content (AvgIpc) is 3.25. The van der Waals surface area contributed by atoms with Crippen LogP contribution in [-0.2, 0) is 28.5 Å². The Morgan fingerprint density at radius 3 is 1.18 bits per heavy atom. The summed E-state index contributed by atoms with van der Waals surface area (Å²) >= 11 is 0. The van der Waals surface area contributed by atoms with Crippen molar-refractivity contribution < 1.29 is 56.3 Å². The monoisotopic (exact) mass is 864 g/mol. The second-order valence-electron chi connectivity index (χ2n) is 14.8. The lowest BCUT2D eigenvalue weighted by molar-refractivity contribution is -0.177. The Hall–Kier alpha value is -5.28. The summed E-state index contributed by atoms with van der Waals surface area (Å²) in [5.41, 5.74) is 1.68. The molecule has 0 heterocycles. The first kappa shape index (κ1) is 49.4. The van der Waals surface area contributed by atoms with E-state index in [9.17, 15) is 18.4 Å². The Balaban J connectivity index is 1.44. The predicted molar refractivity (Wildman–Crippen MR) is 231 cm³/mol. The van der Waals surface area contributed by atoms with Gasteiger partial charge in [0.15, 0.2) is 35.5 Å². The van der Waals surface area contributed by atoms with Crippen LogP contribution in [0.4, 0.5) is 8.78 Å². The highest BCUT2D eigenvalue weighted by Gasteiger charge is 2.27. The molecule has 4 aromatic carbocycles. The van der Waals surface area contributed by atoms with E-state index in [4.69, 9.17) is 37.9 Å². The quantitative estimate of drug-likeness (QED) is 0.0245. The molecule has 338 valence electrons. The third-order valence-corrected chi connectivity index (χ3v) is 9.13. The van der Waals surface area contributed by atoms with Gasteiger partial charge in [0.25, 0.3) is 0 Å². The standard InChI is InChI=1S/C48H62F2N2O10/c1-7-55-41-15-9-11-17-43(41)57-31-45(51-29-13-19-39(59-33(3)4)35-21-25-37(49)26-22-35)61-47(53)48(54)62-46(32-58-44-18-12-10-16-42(44)56-8-2)52-30-14-20-40(60-34(5)6)36-23-27-38(50)28-24-36/h9-12,15-18,21-28,33-34,39-40,45-46,51-52H,7-8,13-14,19-20,29-32H2,1-6H3. The molecule has 0 amide bonds. The maximum absolute atomic E-state index is 13.7. The molecule has 0 aliphatic carbocycles. The van der Waals surface area contributed by atoms with Crippen LogP contribution >= 0.6 is 0 Å². The molecule has 4 aromatic rings. The second kappa shape index (κ2) is 26.9. The van der Waals surface area contributed by atoms with Crippen molar-refractivity contribution in [3.05, 3.63) is 120 Å². The smallest absolute Gasteiger partial charge is 0.419 e. The second-order valence-corrected chi connectivity index (χ2v) is 14.8. The van der Waals surface area contributed by atoms with Crippen molar-refractivity contribution in [3.63, 3.8) is 0 Å². The Labute approximate surface area is 364 Å². The predicted octanol–water partition coefficient (Wildman–Crippen LogP) is 9.03. The first-order chi connectivity index (χ1) is 29.9. The summed E-state index contributed by atoms with van der Waals surface area (Å²) in [7, 11) is 0. The van der Waals surface area contributed by atoms with Crippen LogP contribution in [-0.4, -0.2) is 76.1 Å². The maximum atomic E-state index is 13.7. The van der Waals surface area contributed by atoms with E-state index in [0.717, 1.165) is 11.1 Å². The van der Waals surface area contributed by atoms with Crippen LogP contribution < -0.4 is 29.6 Å². The highest BCUT2D eigenvalue weighted by Crippen LogP contribution is 2.29. The van der Waals surface area contributed by atoms with E-state index >= 15 is 0 Å². The topological polar surface area (TPSA) is 132 Å². The van der Waals surface area contributed by atoms with Gasteiger partial charge in [-0.05, 0) is 140 Å². The molecule has 0 spiro atoms. The van der Waals surface area contributed by atoms with Gasteiger partial charge in [-0.25, -0.2) is 18.4 Å². The normalized spacial score (nSPS) is 13.3. The Morgan fingerprint density at radius 2 is 0.855 bits per heavy atom. The number of ether oxygens (including phenoxy) is 8. The van der Waals surface area contributed by atoms with Crippen molar-refractivity contribution in [2.75, 3.05) is 39.5 Å². The number of hydrogen-bond donors (Lipinski definition) is 2. The lowest BCUT2D eigenvalue weighted by Crippen LogP contribution is -2.44. The first-order valence-electron chi connectivity index (χ1n) is 21.3. The van der Waals surface area contributed by atoms with Gasteiger partial charge in [0, 0.05) is 0 Å². The van der Waals surface area contributed by atoms with E-state index in [0.29, 0.717) is 75.0 Å². The summed E-state index contributed by atoms with van der Waals surface area (Å²) in [6.45, 7) is 12.6. The van der Waals surface area contributed by atoms with Crippen LogP contribution in [0.1, 0.15) is 90.6 Å². The summed E-state index contributed by atoms with van der Waals surface area (Å²) in [5, 5.41) is 6.36. The lowest BCUT2D eigenvalue weighted by atomic mass is 10.0. The third-order valence-electron chi connectivity index (χ3n) is 9.13. The van der Waals surface area contributed by atoms with Crippen LogP contribution in [0.25, 0.3) is 0 Å². The Kier molecular flexibility index (Phi) is 21.4. The lowest BCUT2D eigenvalue weighted by Gasteiger charge is -2.24. The van der Waals surface area contributed by atoms with E-state index in [1.54, 1.807) is 60.7 Å². The van der Waals surface area contributed by atoms with Gasteiger partial charge in [0.1, 0.15) is 24.8 Å². The summed E-state index contributed by atoms with van der Waals surface area (Å²) in [6, 6.07) is 26.6. The molecule has 0 fully saturated rings. The molecular weight excluding hydrogens is 803 g/mol. The maximum Gasteiger partial charge on any atom is 0.419 e. The van der Waals surface area contributed by atoms with Gasteiger partial charge < -0.3 is 37.9 Å². The Morgan fingerprint density at radius 1 is 0.516 bits per heavy atom. The molecule has 0 saturated heterocycles. The van der Waals surface area contributed by atoms with Crippen LogP contribution in [0.5, 0.6) is 23.0 Å². The molecule has 4 atom stereocenters. The summed E-state index contributed by atoms with van der Waals surface area (Å²) < 4.78 is 74.4. The van der Waals surface area contributed by atoms with E-state index < -0.39 is 24.4 Å². The molecule has 62 heavy (non-hydrogen) atoms. The van der Waals surface area contributed by atoms with Gasteiger partial charge in [0.2, 0.25) is 0 Å². The third kappa shape index (κ3) is 17.6. The fourth-order valence-corrected chi connectivity index (χ4v) is 6.38. The zero-order valence-electron chi connectivity index (χ0n) is 36.6. The summed E-state index contributed by atoms with van der Waals surface area (Å²) in [5.74, 6) is -1.30. The molecular formula is C48H62F2N2O10. The van der Waals surface area contributed by atoms with E-state index in [-0.39, 0.29) is 49.3 Å². The van der Waals surface area contributed by atoms with Gasteiger partial charge in [-0.3, -0.25) is 10.6 Å². The number of carbonyl (C=O) groups is 2. The molecule has 4 rings (SSSR count). The van der Waals surface area contributed by atoms with Crippen LogP contribution in [0.15, 0.2) is 97.1 Å². The zero-order chi connectivity index (χ0) is 44.7. The molecule has 4 unspecified atom stereocenters. The highest BCUT2D eigenvalue weighted by molar-refractivity contribution is 6.29. The molecule has 12 nitrogen and oxygen atoms in total. The number of hydrogen-bond acceptors (Lipinski definition) is 12. The zero-order valence-corrected chi connectivity index (χ0v) is 36.6. The van der Waals surface area contributed by atoms with Gasteiger partial charge in [0.05, 0.1) is 37.6 Å². The van der Waals surface area contributed by atoms with Crippen LogP contribution in [0.3, 0.4) is 0 Å². The van der Waals surface area contributed by atoms with Gasteiger partial charge in [-0.2, -0.15) is 0 Å². The van der Waals surface area contributed by atoms with Crippen molar-refractivity contribution in [2.24, 2.45) is 0 Å².